The molecule has 0 aliphatic heterocycles. The maximum absolute atomic E-state index is 12.5. The highest BCUT2D eigenvalue weighted by atomic mass is 32.2. The van der Waals surface area contributed by atoms with Gasteiger partial charge in [0.05, 0.1) is 17.4 Å². The molecule has 0 radical (unpaired) electrons. The van der Waals surface area contributed by atoms with E-state index < -0.39 is 27.9 Å². The summed E-state index contributed by atoms with van der Waals surface area (Å²) < 4.78 is 27.2. The number of H-pyrrole nitrogens is 1. The number of nitrogens with one attached hydrogen (secondary N) is 5. The SMILES string of the molecule is CC(=O)Nc1ccc(S(=O)(=O)NC(C)C(=O)NNC(=O)Cc2c[nH]c3ccccc23)cc1. The largest absolute Gasteiger partial charge is 0.361 e. The molecule has 0 aliphatic carbocycles. The number of hydrogen-bond donors (Lipinski definition) is 5. The molecule has 0 saturated heterocycles. The number of hydrazine groups is 1. The van der Waals surface area contributed by atoms with E-state index in [2.05, 4.69) is 25.9 Å². The van der Waals surface area contributed by atoms with Crippen LogP contribution in [0.25, 0.3) is 10.9 Å². The second-order valence-electron chi connectivity index (χ2n) is 7.12. The van der Waals surface area contributed by atoms with Crippen LogP contribution in [0.2, 0.25) is 0 Å². The Balaban J connectivity index is 1.53. The molecular weight excluding hydrogens is 434 g/mol. The predicted molar refractivity (Wildman–Crippen MR) is 119 cm³/mol. The molecule has 3 amide bonds. The molecule has 0 bridgehead atoms. The molecule has 32 heavy (non-hydrogen) atoms. The minimum Gasteiger partial charge on any atom is -0.361 e. The molecule has 1 unspecified atom stereocenters. The van der Waals surface area contributed by atoms with E-state index in [0.717, 1.165) is 16.5 Å². The molecule has 1 aromatic heterocycles. The monoisotopic (exact) mass is 457 g/mol. The molecule has 10 nitrogen and oxygen atoms in total. The van der Waals surface area contributed by atoms with Crippen molar-refractivity contribution in [2.75, 3.05) is 5.32 Å². The van der Waals surface area contributed by atoms with Crippen molar-refractivity contribution in [3.8, 4) is 0 Å². The molecule has 1 heterocycles. The molecule has 168 valence electrons. The van der Waals surface area contributed by atoms with Crippen LogP contribution in [0.3, 0.4) is 0 Å². The van der Waals surface area contributed by atoms with Crippen molar-refractivity contribution in [3.63, 3.8) is 0 Å². The van der Waals surface area contributed by atoms with Gasteiger partial charge in [0.25, 0.3) is 5.91 Å². The standard InChI is InChI=1S/C21H23N5O5S/c1-13(26-32(30,31)17-9-7-16(8-10-17)23-14(2)27)21(29)25-24-20(28)11-15-12-22-19-6-4-3-5-18(15)19/h3-10,12-13,22,26H,11H2,1-2H3,(H,23,27)(H,24,28)(H,25,29). The van der Waals surface area contributed by atoms with Crippen molar-refractivity contribution >= 4 is 44.3 Å². The quantitative estimate of drug-likeness (QED) is 0.338. The Morgan fingerprint density at radius 3 is 2.38 bits per heavy atom. The third-order valence-corrected chi connectivity index (χ3v) is 6.12. The van der Waals surface area contributed by atoms with Gasteiger partial charge >= 0.3 is 0 Å². The van der Waals surface area contributed by atoms with Crippen molar-refractivity contribution in [2.24, 2.45) is 0 Å². The maximum Gasteiger partial charge on any atom is 0.256 e. The van der Waals surface area contributed by atoms with Crippen LogP contribution in [0.1, 0.15) is 19.4 Å². The summed E-state index contributed by atoms with van der Waals surface area (Å²) in [6.07, 6.45) is 1.76. The highest BCUT2D eigenvalue weighted by molar-refractivity contribution is 7.89. The van der Waals surface area contributed by atoms with Crippen LogP contribution in [0.15, 0.2) is 59.6 Å². The fourth-order valence-electron chi connectivity index (χ4n) is 3.01. The average molecular weight is 458 g/mol. The molecule has 5 N–H and O–H groups in total. The maximum atomic E-state index is 12.5. The minimum atomic E-state index is -3.99. The van der Waals surface area contributed by atoms with Crippen molar-refractivity contribution < 1.29 is 22.8 Å². The molecule has 1 atom stereocenters. The van der Waals surface area contributed by atoms with Gasteiger partial charge in [-0.05, 0) is 42.8 Å². The summed E-state index contributed by atoms with van der Waals surface area (Å²) in [5.41, 5.74) is 6.62. The average Bonchev–Trinajstić information content (AvgIpc) is 3.14. The topological polar surface area (TPSA) is 149 Å². The summed E-state index contributed by atoms with van der Waals surface area (Å²) in [6, 6.07) is 11.8. The van der Waals surface area contributed by atoms with Crippen LogP contribution < -0.4 is 20.9 Å². The lowest BCUT2D eigenvalue weighted by atomic mass is 10.1. The number of amides is 3. The zero-order chi connectivity index (χ0) is 23.3. The van der Waals surface area contributed by atoms with Crippen LogP contribution in [0, 0.1) is 0 Å². The van der Waals surface area contributed by atoms with E-state index in [9.17, 15) is 22.8 Å². The molecule has 0 saturated carbocycles. The first-order valence-corrected chi connectivity index (χ1v) is 11.2. The Morgan fingerprint density at radius 1 is 1.00 bits per heavy atom. The van der Waals surface area contributed by atoms with E-state index >= 15 is 0 Å². The van der Waals surface area contributed by atoms with Crippen LogP contribution >= 0.6 is 0 Å². The number of para-hydroxylation sites is 1. The summed E-state index contributed by atoms with van der Waals surface area (Å²) in [5, 5.41) is 3.44. The first-order chi connectivity index (χ1) is 15.2. The lowest BCUT2D eigenvalue weighted by Gasteiger charge is -2.15. The first-order valence-electron chi connectivity index (χ1n) is 9.69. The lowest BCUT2D eigenvalue weighted by Crippen LogP contribution is -2.51. The van der Waals surface area contributed by atoms with Crippen LogP contribution in [0.5, 0.6) is 0 Å². The number of aromatic amines is 1. The van der Waals surface area contributed by atoms with Crippen LogP contribution in [0.4, 0.5) is 5.69 Å². The van der Waals surface area contributed by atoms with Crippen LogP contribution in [-0.2, 0) is 30.8 Å². The van der Waals surface area contributed by atoms with Gasteiger partial charge in [-0.15, -0.1) is 0 Å². The molecule has 0 fully saturated rings. The Labute approximate surface area is 184 Å². The van der Waals surface area contributed by atoms with E-state index in [-0.39, 0.29) is 17.2 Å². The van der Waals surface area contributed by atoms with Gasteiger partial charge in [-0.2, -0.15) is 4.72 Å². The van der Waals surface area contributed by atoms with Crippen molar-refractivity contribution in [3.05, 3.63) is 60.3 Å². The van der Waals surface area contributed by atoms with Crippen LogP contribution in [-0.4, -0.2) is 37.2 Å². The number of hydrogen-bond acceptors (Lipinski definition) is 5. The number of carbonyl (C=O) groups is 3. The molecule has 3 rings (SSSR count). The Hall–Kier alpha value is -3.70. The lowest BCUT2D eigenvalue weighted by molar-refractivity contribution is -0.129. The van der Waals surface area contributed by atoms with Crippen molar-refractivity contribution in [2.45, 2.75) is 31.2 Å². The van der Waals surface area contributed by atoms with Crippen molar-refractivity contribution in [1.29, 1.82) is 0 Å². The summed E-state index contributed by atoms with van der Waals surface area (Å²) >= 11 is 0. The summed E-state index contributed by atoms with van der Waals surface area (Å²) in [4.78, 5) is 38.5. The Morgan fingerprint density at radius 2 is 1.69 bits per heavy atom. The second kappa shape index (κ2) is 9.62. The van der Waals surface area contributed by atoms with E-state index in [1.807, 2.05) is 24.3 Å². The fourth-order valence-corrected chi connectivity index (χ4v) is 4.21. The van der Waals surface area contributed by atoms with Gasteiger partial charge in [0.2, 0.25) is 21.8 Å². The van der Waals surface area contributed by atoms with E-state index in [0.29, 0.717) is 5.69 Å². The number of aromatic nitrogens is 1. The Kier molecular flexibility index (Phi) is 6.91. The third kappa shape index (κ3) is 5.71. The molecule has 3 aromatic rings. The first kappa shape index (κ1) is 23.0. The second-order valence-corrected chi connectivity index (χ2v) is 8.84. The summed E-state index contributed by atoms with van der Waals surface area (Å²) in [7, 11) is -3.99. The molecule has 0 spiro atoms. The number of carbonyl (C=O) groups excluding carboxylic acids is 3. The normalized spacial score (nSPS) is 12.2. The fraction of sp³-hybridized carbons (Fsp3) is 0.190. The minimum absolute atomic E-state index is 0.0328. The Bertz CT molecular complexity index is 1250. The third-order valence-electron chi connectivity index (χ3n) is 4.56. The van der Waals surface area contributed by atoms with Crippen molar-refractivity contribution in [1.82, 2.24) is 20.6 Å². The highest BCUT2D eigenvalue weighted by Gasteiger charge is 2.22. The van der Waals surface area contributed by atoms with Gasteiger partial charge in [-0.3, -0.25) is 25.2 Å². The predicted octanol–water partition coefficient (Wildman–Crippen LogP) is 1.18. The van der Waals surface area contributed by atoms with E-state index in [1.165, 1.54) is 38.1 Å². The number of fused-ring (bicyclic) bond motifs is 1. The van der Waals surface area contributed by atoms with Gasteiger partial charge in [-0.1, -0.05) is 18.2 Å². The zero-order valence-corrected chi connectivity index (χ0v) is 18.2. The van der Waals surface area contributed by atoms with E-state index in [1.54, 1.807) is 6.20 Å². The molecule has 11 heteroatoms. The van der Waals surface area contributed by atoms with Gasteiger partial charge in [0.15, 0.2) is 0 Å². The van der Waals surface area contributed by atoms with Gasteiger partial charge in [0.1, 0.15) is 0 Å². The highest BCUT2D eigenvalue weighted by Crippen LogP contribution is 2.18. The molecule has 0 aliphatic rings. The van der Waals surface area contributed by atoms with Gasteiger partial charge in [-0.25, -0.2) is 8.42 Å². The molecular formula is C21H23N5O5S. The van der Waals surface area contributed by atoms with Gasteiger partial charge < -0.3 is 10.3 Å². The van der Waals surface area contributed by atoms with E-state index in [4.69, 9.17) is 0 Å². The smallest absolute Gasteiger partial charge is 0.256 e. The summed E-state index contributed by atoms with van der Waals surface area (Å²) in [6.45, 7) is 2.69. The number of rotatable bonds is 7. The molecule has 2 aromatic carbocycles. The summed E-state index contributed by atoms with van der Waals surface area (Å²) in [5.74, 6) is -1.46. The zero-order valence-electron chi connectivity index (χ0n) is 17.4. The number of anilines is 1. The van der Waals surface area contributed by atoms with Gasteiger partial charge in [0, 0.05) is 29.7 Å². The number of sulfonamides is 1. The number of benzene rings is 2.